The second kappa shape index (κ2) is 5.41. The van der Waals surface area contributed by atoms with Crippen LogP contribution in [0, 0.1) is 11.6 Å². The summed E-state index contributed by atoms with van der Waals surface area (Å²) in [6.07, 6.45) is 0. The normalized spacial score (nSPS) is 18.8. The Hall–Kier alpha value is -2.69. The fourth-order valence-electron chi connectivity index (χ4n) is 3.31. The molecule has 1 aliphatic rings. The maximum Gasteiger partial charge on any atom is 0.133 e. The molecule has 0 spiro atoms. The molecule has 0 saturated heterocycles. The first-order chi connectivity index (χ1) is 11.9. The summed E-state index contributed by atoms with van der Waals surface area (Å²) in [7, 11) is 0. The maximum absolute atomic E-state index is 14.6. The van der Waals surface area contributed by atoms with Crippen LogP contribution >= 0.6 is 0 Å². The Balaban J connectivity index is 2.01. The van der Waals surface area contributed by atoms with E-state index in [1.807, 2.05) is 51.1 Å². The Labute approximate surface area is 144 Å². The van der Waals surface area contributed by atoms with Gasteiger partial charge < -0.3 is 0 Å². The van der Waals surface area contributed by atoms with Crippen LogP contribution in [-0.4, -0.2) is 21.4 Å². The molecule has 0 fully saturated rings. The van der Waals surface area contributed by atoms with Gasteiger partial charge in [0.15, 0.2) is 0 Å². The molecule has 0 N–H and O–H groups in total. The molecule has 1 atom stereocenters. The number of rotatable bonds is 1. The average Bonchev–Trinajstić information content (AvgIpc) is 2.60. The van der Waals surface area contributed by atoms with Gasteiger partial charge in [-0.25, -0.2) is 8.78 Å². The van der Waals surface area contributed by atoms with Gasteiger partial charge in [0.05, 0.1) is 16.8 Å². The zero-order valence-electron chi connectivity index (χ0n) is 14.2. The highest BCUT2D eigenvalue weighted by atomic mass is 19.1. The molecule has 25 heavy (non-hydrogen) atoms. The third kappa shape index (κ3) is 2.42. The molecule has 2 aromatic carbocycles. The summed E-state index contributed by atoms with van der Waals surface area (Å²) in [5.41, 5.74) is 1.51. The molecule has 0 radical (unpaired) electrons. The number of aromatic nitrogens is 2. The molecule has 0 amide bonds. The Kier molecular flexibility index (Phi) is 3.42. The van der Waals surface area contributed by atoms with Crippen LogP contribution in [-0.2, 0) is 0 Å². The van der Waals surface area contributed by atoms with Crippen molar-refractivity contribution in [1.29, 1.82) is 0 Å². The number of nitrogens with zero attached hydrogens (tertiary/aromatic N) is 3. The summed E-state index contributed by atoms with van der Waals surface area (Å²) in [5.74, 6) is -1.17. The summed E-state index contributed by atoms with van der Waals surface area (Å²) in [5, 5.41) is 9.30. The first-order valence-corrected chi connectivity index (χ1v) is 8.19. The van der Waals surface area contributed by atoms with Crippen LogP contribution in [0.4, 0.5) is 8.78 Å². The molecule has 0 bridgehead atoms. The average molecular weight is 337 g/mol. The Bertz CT molecular complexity index is 1020. The van der Waals surface area contributed by atoms with Crippen LogP contribution in [0.25, 0.3) is 10.9 Å². The van der Waals surface area contributed by atoms with Crippen LogP contribution < -0.4 is 0 Å². The second-order valence-electron chi connectivity index (χ2n) is 6.94. The number of benzene rings is 2. The lowest BCUT2D eigenvalue weighted by Crippen LogP contribution is -2.34. The van der Waals surface area contributed by atoms with E-state index in [-0.39, 0.29) is 11.5 Å². The van der Waals surface area contributed by atoms with Crippen molar-refractivity contribution in [2.24, 2.45) is 4.99 Å². The van der Waals surface area contributed by atoms with E-state index < -0.39 is 17.2 Å². The van der Waals surface area contributed by atoms with E-state index in [0.29, 0.717) is 17.0 Å². The molecule has 0 saturated carbocycles. The third-order valence-corrected chi connectivity index (χ3v) is 5.01. The van der Waals surface area contributed by atoms with Crippen molar-refractivity contribution in [3.05, 3.63) is 70.9 Å². The minimum Gasteiger partial charge on any atom is -0.276 e. The van der Waals surface area contributed by atoms with Crippen LogP contribution in [0.2, 0.25) is 0 Å². The lowest BCUT2D eigenvalue weighted by Gasteiger charge is -2.35. The van der Waals surface area contributed by atoms with Crippen molar-refractivity contribution in [1.82, 2.24) is 10.2 Å². The Morgan fingerprint density at radius 1 is 0.960 bits per heavy atom. The minimum absolute atomic E-state index is 0.191. The van der Waals surface area contributed by atoms with Crippen molar-refractivity contribution in [2.45, 2.75) is 32.2 Å². The van der Waals surface area contributed by atoms with E-state index in [4.69, 9.17) is 4.99 Å². The summed E-state index contributed by atoms with van der Waals surface area (Å²) >= 11 is 0. The number of fused-ring (bicyclic) bond motifs is 2. The largest absolute Gasteiger partial charge is 0.276 e. The number of hydrogen-bond donors (Lipinski definition) is 0. The van der Waals surface area contributed by atoms with Crippen LogP contribution in [0.3, 0.4) is 0 Å². The van der Waals surface area contributed by atoms with E-state index in [0.717, 1.165) is 17.0 Å². The molecule has 1 aliphatic heterocycles. The summed E-state index contributed by atoms with van der Waals surface area (Å²) in [6, 6.07) is 11.7. The summed E-state index contributed by atoms with van der Waals surface area (Å²) in [4.78, 5) is 4.72. The van der Waals surface area contributed by atoms with E-state index in [1.54, 1.807) is 0 Å². The fraction of sp³-hybridized carbons (Fsp3) is 0.250. The van der Waals surface area contributed by atoms with Gasteiger partial charge in [-0.15, -0.1) is 10.2 Å². The Morgan fingerprint density at radius 3 is 2.48 bits per heavy atom. The van der Waals surface area contributed by atoms with Crippen molar-refractivity contribution >= 4 is 16.6 Å². The van der Waals surface area contributed by atoms with Gasteiger partial charge in [0.2, 0.25) is 0 Å². The van der Waals surface area contributed by atoms with E-state index in [2.05, 4.69) is 10.2 Å². The van der Waals surface area contributed by atoms with Gasteiger partial charge in [0, 0.05) is 22.4 Å². The van der Waals surface area contributed by atoms with Crippen molar-refractivity contribution in [3.8, 4) is 0 Å². The number of halogens is 2. The van der Waals surface area contributed by atoms with Gasteiger partial charge in [-0.3, -0.25) is 4.99 Å². The lowest BCUT2D eigenvalue weighted by molar-refractivity contribution is 0.413. The molecule has 3 aromatic rings. The lowest BCUT2D eigenvalue weighted by atomic mass is 9.77. The highest BCUT2D eigenvalue weighted by molar-refractivity contribution is 6.14. The predicted molar refractivity (Wildman–Crippen MR) is 94.0 cm³/mol. The molecule has 1 unspecified atom stereocenters. The second-order valence-corrected chi connectivity index (χ2v) is 6.94. The zero-order valence-corrected chi connectivity index (χ0v) is 14.2. The predicted octanol–water partition coefficient (Wildman–Crippen LogP) is 4.64. The van der Waals surface area contributed by atoms with Crippen molar-refractivity contribution in [3.63, 3.8) is 0 Å². The summed E-state index contributed by atoms with van der Waals surface area (Å²) in [6.45, 7) is 5.70. The first-order valence-electron chi connectivity index (χ1n) is 8.19. The SMILES string of the molecule is CC1c2c(F)ccc(F)c2C(c2cc3ccccc3nn2)=NC1(C)C. The van der Waals surface area contributed by atoms with Crippen LogP contribution in [0.15, 0.2) is 47.5 Å². The molecular formula is C20H17F2N3. The van der Waals surface area contributed by atoms with Gasteiger partial charge in [-0.05, 0) is 38.1 Å². The number of hydrogen-bond acceptors (Lipinski definition) is 3. The molecule has 1 aromatic heterocycles. The monoisotopic (exact) mass is 337 g/mol. The van der Waals surface area contributed by atoms with E-state index >= 15 is 0 Å². The fourth-order valence-corrected chi connectivity index (χ4v) is 3.31. The molecule has 5 heteroatoms. The standard InChI is InChI=1S/C20H17F2N3/c1-11-17-13(21)8-9-14(22)18(17)19(23-20(11,2)3)16-10-12-6-4-5-7-15(12)24-25-16/h4-11H,1-3H3. The molecule has 3 nitrogen and oxygen atoms in total. The third-order valence-electron chi connectivity index (χ3n) is 5.01. The molecule has 4 rings (SSSR count). The molecular weight excluding hydrogens is 320 g/mol. The smallest absolute Gasteiger partial charge is 0.133 e. The topological polar surface area (TPSA) is 38.1 Å². The summed E-state index contributed by atoms with van der Waals surface area (Å²) < 4.78 is 29.2. The van der Waals surface area contributed by atoms with Gasteiger partial charge in [0.25, 0.3) is 0 Å². The highest BCUT2D eigenvalue weighted by Gasteiger charge is 2.38. The highest BCUT2D eigenvalue weighted by Crippen LogP contribution is 2.41. The quantitative estimate of drug-likeness (QED) is 0.649. The first kappa shape index (κ1) is 15.8. The van der Waals surface area contributed by atoms with E-state index in [1.165, 1.54) is 6.07 Å². The minimum atomic E-state index is -0.579. The van der Waals surface area contributed by atoms with Gasteiger partial charge >= 0.3 is 0 Å². The van der Waals surface area contributed by atoms with Crippen LogP contribution in [0.5, 0.6) is 0 Å². The number of aliphatic imine (C=N–C) groups is 1. The zero-order chi connectivity index (χ0) is 17.8. The molecule has 126 valence electrons. The Morgan fingerprint density at radius 2 is 1.68 bits per heavy atom. The van der Waals surface area contributed by atoms with Crippen LogP contribution in [0.1, 0.15) is 43.5 Å². The molecule has 2 heterocycles. The van der Waals surface area contributed by atoms with Gasteiger partial charge in [0.1, 0.15) is 17.3 Å². The van der Waals surface area contributed by atoms with Gasteiger partial charge in [-0.1, -0.05) is 25.1 Å². The van der Waals surface area contributed by atoms with E-state index in [9.17, 15) is 8.78 Å². The van der Waals surface area contributed by atoms with Crippen molar-refractivity contribution < 1.29 is 8.78 Å². The van der Waals surface area contributed by atoms with Gasteiger partial charge in [-0.2, -0.15) is 0 Å². The molecule has 0 aliphatic carbocycles. The maximum atomic E-state index is 14.6. The van der Waals surface area contributed by atoms with Crippen molar-refractivity contribution in [2.75, 3.05) is 0 Å².